The van der Waals surface area contributed by atoms with Gasteiger partial charge in [-0.2, -0.15) is 0 Å². The van der Waals surface area contributed by atoms with Crippen molar-refractivity contribution in [2.75, 3.05) is 4.90 Å². The van der Waals surface area contributed by atoms with Crippen molar-refractivity contribution in [2.45, 2.75) is 26.8 Å². The number of aliphatic hydroxyl groups is 1. The van der Waals surface area contributed by atoms with Gasteiger partial charge in [0.15, 0.2) is 0 Å². The van der Waals surface area contributed by atoms with E-state index in [-0.39, 0.29) is 11.3 Å². The summed E-state index contributed by atoms with van der Waals surface area (Å²) in [4.78, 5) is 27.8. The molecule has 0 saturated carbocycles. The molecule has 1 fully saturated rings. The Hall–Kier alpha value is -3.66. The Kier molecular flexibility index (Phi) is 5.00. The molecule has 0 spiro atoms. The Bertz CT molecular complexity index is 1160. The normalized spacial score (nSPS) is 18.1. The second-order valence-electron chi connectivity index (χ2n) is 7.74. The second kappa shape index (κ2) is 7.64. The topological polar surface area (TPSA) is 57.6 Å². The number of ketones is 1. The van der Waals surface area contributed by atoms with E-state index in [0.717, 1.165) is 22.3 Å². The van der Waals surface area contributed by atoms with Crippen molar-refractivity contribution in [3.8, 4) is 0 Å². The molecular formula is C26H23NO3. The van der Waals surface area contributed by atoms with Crippen molar-refractivity contribution >= 4 is 23.1 Å². The Morgan fingerprint density at radius 1 is 0.833 bits per heavy atom. The lowest BCUT2D eigenvalue weighted by molar-refractivity contribution is -0.132. The standard InChI is InChI=1S/C26H23NO3/c1-16-10-13-20(14-11-16)24(28)22-23(19-7-5-4-6-8-19)27(26(30)25(22)29)21-15-17(2)9-12-18(21)3/h4-15,23,28H,1-3H3/b24-22+. The number of Topliss-reactive ketones (excluding diaryl/α,β-unsaturated/α-hetero) is 1. The average Bonchev–Trinajstić information content (AvgIpc) is 3.01. The number of hydrogen-bond donors (Lipinski definition) is 1. The van der Waals surface area contributed by atoms with Crippen LogP contribution in [0.25, 0.3) is 5.76 Å². The maximum Gasteiger partial charge on any atom is 0.300 e. The molecule has 1 aliphatic heterocycles. The van der Waals surface area contributed by atoms with E-state index in [2.05, 4.69) is 0 Å². The molecule has 1 amide bonds. The summed E-state index contributed by atoms with van der Waals surface area (Å²) in [5.41, 5.74) is 4.99. The molecule has 3 aromatic carbocycles. The fraction of sp³-hybridized carbons (Fsp3) is 0.154. The molecule has 30 heavy (non-hydrogen) atoms. The van der Waals surface area contributed by atoms with Gasteiger partial charge in [0, 0.05) is 11.3 Å². The van der Waals surface area contributed by atoms with Gasteiger partial charge in [-0.15, -0.1) is 0 Å². The molecule has 0 aliphatic carbocycles. The molecule has 0 aromatic heterocycles. The monoisotopic (exact) mass is 397 g/mol. The van der Waals surface area contributed by atoms with Crippen LogP contribution in [0.15, 0.2) is 78.4 Å². The Balaban J connectivity index is 1.97. The van der Waals surface area contributed by atoms with Gasteiger partial charge in [-0.05, 0) is 43.5 Å². The number of nitrogens with zero attached hydrogens (tertiary/aromatic N) is 1. The zero-order valence-electron chi connectivity index (χ0n) is 17.2. The molecule has 0 radical (unpaired) electrons. The lowest BCUT2D eigenvalue weighted by Gasteiger charge is -2.27. The SMILES string of the molecule is Cc1ccc(/C(O)=C2\C(=O)C(=O)N(c3cc(C)ccc3C)C2c2ccccc2)cc1. The van der Waals surface area contributed by atoms with E-state index in [9.17, 15) is 14.7 Å². The van der Waals surface area contributed by atoms with Crippen LogP contribution < -0.4 is 4.90 Å². The van der Waals surface area contributed by atoms with Crippen LogP contribution in [0.3, 0.4) is 0 Å². The number of anilines is 1. The quantitative estimate of drug-likeness (QED) is 0.374. The maximum absolute atomic E-state index is 13.2. The molecule has 0 bridgehead atoms. The van der Waals surface area contributed by atoms with Gasteiger partial charge < -0.3 is 5.11 Å². The molecule has 4 nitrogen and oxygen atoms in total. The second-order valence-corrected chi connectivity index (χ2v) is 7.74. The molecule has 150 valence electrons. The molecule has 1 unspecified atom stereocenters. The van der Waals surface area contributed by atoms with E-state index in [4.69, 9.17) is 0 Å². The van der Waals surface area contributed by atoms with Crippen LogP contribution in [0.4, 0.5) is 5.69 Å². The zero-order chi connectivity index (χ0) is 21.4. The van der Waals surface area contributed by atoms with E-state index < -0.39 is 17.7 Å². The summed E-state index contributed by atoms with van der Waals surface area (Å²) in [7, 11) is 0. The minimum Gasteiger partial charge on any atom is -0.507 e. The van der Waals surface area contributed by atoms with Gasteiger partial charge >= 0.3 is 0 Å². The maximum atomic E-state index is 13.2. The highest BCUT2D eigenvalue weighted by Crippen LogP contribution is 2.43. The van der Waals surface area contributed by atoms with Gasteiger partial charge in [0.25, 0.3) is 11.7 Å². The van der Waals surface area contributed by atoms with Crippen molar-refractivity contribution in [3.05, 3.63) is 106 Å². The number of hydrogen-bond acceptors (Lipinski definition) is 3. The van der Waals surface area contributed by atoms with Gasteiger partial charge in [-0.25, -0.2) is 0 Å². The third-order valence-corrected chi connectivity index (χ3v) is 5.51. The minimum absolute atomic E-state index is 0.107. The lowest BCUT2D eigenvalue weighted by atomic mass is 9.94. The summed E-state index contributed by atoms with van der Waals surface area (Å²) in [5.74, 6) is -1.47. The van der Waals surface area contributed by atoms with Crippen molar-refractivity contribution in [1.29, 1.82) is 0 Å². The Morgan fingerprint density at radius 3 is 2.13 bits per heavy atom. The smallest absolute Gasteiger partial charge is 0.300 e. The van der Waals surface area contributed by atoms with Crippen LogP contribution in [0.1, 0.15) is 33.9 Å². The Labute approximate surface area is 176 Å². The highest BCUT2D eigenvalue weighted by molar-refractivity contribution is 6.51. The van der Waals surface area contributed by atoms with E-state index >= 15 is 0 Å². The number of amides is 1. The number of aliphatic hydroxyl groups excluding tert-OH is 1. The highest BCUT2D eigenvalue weighted by Gasteiger charge is 2.47. The van der Waals surface area contributed by atoms with Gasteiger partial charge in [-0.3, -0.25) is 14.5 Å². The minimum atomic E-state index is -0.701. The van der Waals surface area contributed by atoms with Gasteiger partial charge in [0.05, 0.1) is 11.6 Å². The Morgan fingerprint density at radius 2 is 1.47 bits per heavy atom. The first-order valence-electron chi connectivity index (χ1n) is 9.88. The molecule has 3 aromatic rings. The average molecular weight is 397 g/mol. The first-order chi connectivity index (χ1) is 14.4. The van der Waals surface area contributed by atoms with Crippen LogP contribution in [0, 0.1) is 20.8 Å². The first kappa shape index (κ1) is 19.6. The number of rotatable bonds is 3. The summed E-state index contributed by atoms with van der Waals surface area (Å²) in [6.45, 7) is 5.81. The van der Waals surface area contributed by atoms with Gasteiger partial charge in [0.1, 0.15) is 5.76 Å². The van der Waals surface area contributed by atoms with E-state index in [1.807, 2.05) is 81.4 Å². The molecule has 1 N–H and O–H groups in total. The van der Waals surface area contributed by atoms with Crippen molar-refractivity contribution in [1.82, 2.24) is 0 Å². The van der Waals surface area contributed by atoms with E-state index in [1.54, 1.807) is 12.1 Å². The van der Waals surface area contributed by atoms with Crippen molar-refractivity contribution in [3.63, 3.8) is 0 Å². The van der Waals surface area contributed by atoms with Crippen molar-refractivity contribution < 1.29 is 14.7 Å². The number of carbonyl (C=O) groups is 2. The van der Waals surface area contributed by atoms with Gasteiger partial charge in [0.2, 0.25) is 0 Å². The van der Waals surface area contributed by atoms with Gasteiger partial charge in [-0.1, -0.05) is 72.3 Å². The first-order valence-corrected chi connectivity index (χ1v) is 9.88. The summed E-state index contributed by atoms with van der Waals surface area (Å²) in [5, 5.41) is 11.1. The molecule has 4 heteroatoms. The summed E-state index contributed by atoms with van der Waals surface area (Å²) in [6.07, 6.45) is 0. The van der Waals surface area contributed by atoms with Crippen LogP contribution in [0.5, 0.6) is 0 Å². The number of aryl methyl sites for hydroxylation is 3. The lowest BCUT2D eigenvalue weighted by Crippen LogP contribution is -2.30. The number of carbonyl (C=O) groups excluding carboxylic acids is 2. The zero-order valence-corrected chi connectivity index (χ0v) is 17.2. The highest BCUT2D eigenvalue weighted by atomic mass is 16.3. The largest absolute Gasteiger partial charge is 0.507 e. The summed E-state index contributed by atoms with van der Waals surface area (Å²) >= 11 is 0. The van der Waals surface area contributed by atoms with E-state index in [0.29, 0.717) is 11.3 Å². The molecule has 1 heterocycles. The third kappa shape index (κ3) is 3.30. The molecule has 1 aliphatic rings. The van der Waals surface area contributed by atoms with Crippen LogP contribution >= 0.6 is 0 Å². The fourth-order valence-corrected chi connectivity index (χ4v) is 3.88. The van der Waals surface area contributed by atoms with Crippen molar-refractivity contribution in [2.24, 2.45) is 0 Å². The molecule has 4 rings (SSSR count). The van der Waals surface area contributed by atoms with Crippen LogP contribution in [0.2, 0.25) is 0 Å². The number of benzene rings is 3. The van der Waals surface area contributed by atoms with Crippen LogP contribution in [-0.4, -0.2) is 16.8 Å². The molecule has 1 saturated heterocycles. The predicted molar refractivity (Wildman–Crippen MR) is 118 cm³/mol. The molecular weight excluding hydrogens is 374 g/mol. The molecule has 1 atom stereocenters. The summed E-state index contributed by atoms with van der Waals surface area (Å²) < 4.78 is 0. The fourth-order valence-electron chi connectivity index (χ4n) is 3.88. The van der Waals surface area contributed by atoms with Crippen LogP contribution in [-0.2, 0) is 9.59 Å². The summed E-state index contributed by atoms with van der Waals surface area (Å²) in [6, 6.07) is 21.7. The predicted octanol–water partition coefficient (Wildman–Crippen LogP) is 5.24. The van der Waals surface area contributed by atoms with E-state index in [1.165, 1.54) is 4.90 Å². The third-order valence-electron chi connectivity index (χ3n) is 5.51.